The van der Waals surface area contributed by atoms with Crippen LogP contribution in [0.25, 0.3) is 11.3 Å². The Bertz CT molecular complexity index is 1250. The standard InChI is InChI=1S/C24H21ClN4O3S/c1-2-32-21(30)12-19-15-33-24(26-19)27-23(31)20-14-29(13-16-6-4-3-5-7-16)28-22(20)17-8-10-18(25)11-9-17/h3-11,14-15H,2,12-13H2,1H3,(H,26,27,31). The van der Waals surface area contributed by atoms with Crippen molar-refractivity contribution >= 4 is 39.9 Å². The van der Waals surface area contributed by atoms with E-state index < -0.39 is 0 Å². The molecule has 33 heavy (non-hydrogen) atoms. The summed E-state index contributed by atoms with van der Waals surface area (Å²) in [5.41, 5.74) is 3.35. The van der Waals surface area contributed by atoms with Crippen molar-refractivity contribution in [3.05, 3.63) is 88.0 Å². The van der Waals surface area contributed by atoms with Gasteiger partial charge in [-0.15, -0.1) is 11.3 Å². The Labute approximate surface area is 200 Å². The van der Waals surface area contributed by atoms with E-state index in [0.717, 1.165) is 11.1 Å². The van der Waals surface area contributed by atoms with Crippen molar-refractivity contribution in [2.75, 3.05) is 11.9 Å². The number of aromatic nitrogens is 3. The van der Waals surface area contributed by atoms with Crippen LogP contribution < -0.4 is 5.32 Å². The number of anilines is 1. The first kappa shape index (κ1) is 22.7. The third-order valence-corrected chi connectivity index (χ3v) is 5.77. The molecule has 0 aliphatic rings. The van der Waals surface area contributed by atoms with Crippen LogP contribution in [0.15, 0.2) is 66.2 Å². The van der Waals surface area contributed by atoms with Gasteiger partial charge in [-0.05, 0) is 24.6 Å². The van der Waals surface area contributed by atoms with Gasteiger partial charge in [-0.2, -0.15) is 5.10 Å². The smallest absolute Gasteiger partial charge is 0.311 e. The van der Waals surface area contributed by atoms with Crippen molar-refractivity contribution in [1.29, 1.82) is 0 Å². The van der Waals surface area contributed by atoms with Crippen molar-refractivity contribution in [3.63, 3.8) is 0 Å². The van der Waals surface area contributed by atoms with Gasteiger partial charge in [0.15, 0.2) is 5.13 Å². The molecule has 0 saturated heterocycles. The summed E-state index contributed by atoms with van der Waals surface area (Å²) >= 11 is 7.28. The number of hydrogen-bond donors (Lipinski definition) is 1. The van der Waals surface area contributed by atoms with Crippen LogP contribution in [0.4, 0.5) is 5.13 Å². The number of carbonyl (C=O) groups is 2. The molecule has 4 aromatic rings. The van der Waals surface area contributed by atoms with Crippen LogP contribution in [-0.2, 0) is 22.5 Å². The number of nitrogens with one attached hydrogen (secondary N) is 1. The van der Waals surface area contributed by atoms with Gasteiger partial charge in [0.25, 0.3) is 5.91 Å². The maximum Gasteiger partial charge on any atom is 0.311 e. The zero-order valence-corrected chi connectivity index (χ0v) is 19.4. The van der Waals surface area contributed by atoms with Gasteiger partial charge in [-0.3, -0.25) is 19.6 Å². The average molecular weight is 481 g/mol. The minimum absolute atomic E-state index is 0.0608. The highest BCUT2D eigenvalue weighted by Crippen LogP contribution is 2.26. The van der Waals surface area contributed by atoms with Gasteiger partial charge in [-0.25, -0.2) is 4.98 Å². The highest BCUT2D eigenvalue weighted by atomic mass is 35.5. The summed E-state index contributed by atoms with van der Waals surface area (Å²) in [6.07, 6.45) is 1.78. The van der Waals surface area contributed by atoms with Gasteiger partial charge in [-0.1, -0.05) is 54.1 Å². The second-order valence-corrected chi connectivity index (χ2v) is 8.46. The molecule has 1 amide bonds. The summed E-state index contributed by atoms with van der Waals surface area (Å²) in [7, 11) is 0. The van der Waals surface area contributed by atoms with Crippen LogP contribution in [0.5, 0.6) is 0 Å². The molecule has 0 atom stereocenters. The maximum atomic E-state index is 13.2. The summed E-state index contributed by atoms with van der Waals surface area (Å²) in [6.45, 7) is 2.59. The number of halogens is 1. The number of carbonyl (C=O) groups excluding carboxylic acids is 2. The predicted molar refractivity (Wildman–Crippen MR) is 129 cm³/mol. The normalized spacial score (nSPS) is 10.7. The summed E-state index contributed by atoms with van der Waals surface area (Å²) < 4.78 is 6.69. The number of esters is 1. The Hall–Kier alpha value is -3.49. The van der Waals surface area contributed by atoms with Crippen LogP contribution in [-0.4, -0.2) is 33.2 Å². The van der Waals surface area contributed by atoms with Crippen molar-refractivity contribution in [2.24, 2.45) is 0 Å². The molecule has 0 saturated carbocycles. The third-order valence-electron chi connectivity index (χ3n) is 4.71. The summed E-state index contributed by atoms with van der Waals surface area (Å²) in [4.78, 5) is 29.2. The Morgan fingerprint density at radius 2 is 1.88 bits per heavy atom. The second-order valence-electron chi connectivity index (χ2n) is 7.16. The van der Waals surface area contributed by atoms with E-state index in [4.69, 9.17) is 16.3 Å². The maximum absolute atomic E-state index is 13.2. The minimum atomic E-state index is -0.354. The minimum Gasteiger partial charge on any atom is -0.466 e. The number of amides is 1. The van der Waals surface area contributed by atoms with Gasteiger partial charge in [0.1, 0.15) is 5.69 Å². The second kappa shape index (κ2) is 10.4. The number of rotatable bonds is 8. The van der Waals surface area contributed by atoms with Crippen LogP contribution >= 0.6 is 22.9 Å². The molecular formula is C24H21ClN4O3S. The molecule has 168 valence electrons. The molecule has 0 aliphatic carbocycles. The van der Waals surface area contributed by atoms with Crippen molar-refractivity contribution in [3.8, 4) is 11.3 Å². The van der Waals surface area contributed by atoms with Crippen LogP contribution in [0.2, 0.25) is 5.02 Å². The van der Waals surface area contributed by atoms with Gasteiger partial charge >= 0.3 is 5.97 Å². The molecule has 0 bridgehead atoms. The molecule has 0 spiro atoms. The molecular weight excluding hydrogens is 460 g/mol. The first-order chi connectivity index (χ1) is 16.0. The first-order valence-corrected chi connectivity index (χ1v) is 11.6. The summed E-state index contributed by atoms with van der Waals surface area (Å²) in [5, 5.41) is 10.2. The van der Waals surface area contributed by atoms with E-state index in [1.54, 1.807) is 35.3 Å². The van der Waals surface area contributed by atoms with Gasteiger partial charge < -0.3 is 4.74 Å². The molecule has 0 unspecified atom stereocenters. The van der Waals surface area contributed by atoms with Crippen LogP contribution in [0, 0.1) is 0 Å². The van der Waals surface area contributed by atoms with Crippen molar-refractivity contribution in [1.82, 2.24) is 14.8 Å². The lowest BCUT2D eigenvalue weighted by Crippen LogP contribution is -2.13. The summed E-state index contributed by atoms with van der Waals surface area (Å²) in [5.74, 6) is -0.691. The largest absolute Gasteiger partial charge is 0.466 e. The monoisotopic (exact) mass is 480 g/mol. The lowest BCUT2D eigenvalue weighted by Gasteiger charge is -2.03. The van der Waals surface area contributed by atoms with Crippen molar-refractivity contribution in [2.45, 2.75) is 19.9 Å². The van der Waals surface area contributed by atoms with E-state index in [2.05, 4.69) is 15.4 Å². The third kappa shape index (κ3) is 5.85. The molecule has 4 rings (SSSR count). The van der Waals surface area contributed by atoms with E-state index in [-0.39, 0.29) is 18.3 Å². The zero-order valence-electron chi connectivity index (χ0n) is 17.8. The Morgan fingerprint density at radius 3 is 2.61 bits per heavy atom. The van der Waals surface area contributed by atoms with Gasteiger partial charge in [0.05, 0.1) is 30.8 Å². The Balaban J connectivity index is 1.58. The molecule has 2 heterocycles. The number of hydrogen-bond acceptors (Lipinski definition) is 6. The predicted octanol–water partition coefficient (Wildman–Crippen LogP) is 5.07. The van der Waals surface area contributed by atoms with Gasteiger partial charge in [0.2, 0.25) is 0 Å². The highest BCUT2D eigenvalue weighted by molar-refractivity contribution is 7.14. The van der Waals surface area contributed by atoms with Gasteiger partial charge in [0, 0.05) is 22.2 Å². The number of thiazole rings is 1. The molecule has 0 radical (unpaired) electrons. The van der Waals surface area contributed by atoms with E-state index in [1.165, 1.54) is 11.3 Å². The van der Waals surface area contributed by atoms with E-state index in [9.17, 15) is 9.59 Å². The SMILES string of the molecule is CCOC(=O)Cc1csc(NC(=O)c2cn(Cc3ccccc3)nc2-c2ccc(Cl)cc2)n1. The molecule has 9 heteroatoms. The van der Waals surface area contributed by atoms with Crippen molar-refractivity contribution < 1.29 is 14.3 Å². The molecule has 1 N–H and O–H groups in total. The van der Waals surface area contributed by atoms with E-state index in [1.807, 2.05) is 42.5 Å². The molecule has 0 aliphatic heterocycles. The average Bonchev–Trinajstić information content (AvgIpc) is 3.42. The molecule has 0 fully saturated rings. The molecule has 2 aromatic heterocycles. The topological polar surface area (TPSA) is 86.1 Å². The highest BCUT2D eigenvalue weighted by Gasteiger charge is 2.20. The Kier molecular flexibility index (Phi) is 7.16. The number of benzene rings is 2. The van der Waals surface area contributed by atoms with Crippen LogP contribution in [0.1, 0.15) is 28.5 Å². The Morgan fingerprint density at radius 1 is 1.12 bits per heavy atom. The quantitative estimate of drug-likeness (QED) is 0.356. The fraction of sp³-hybridized carbons (Fsp3) is 0.167. The van der Waals surface area contributed by atoms with E-state index >= 15 is 0 Å². The number of nitrogens with zero attached hydrogens (tertiary/aromatic N) is 3. The fourth-order valence-electron chi connectivity index (χ4n) is 3.23. The molecule has 2 aromatic carbocycles. The summed E-state index contributed by atoms with van der Waals surface area (Å²) in [6, 6.07) is 17.1. The zero-order chi connectivity index (χ0) is 23.2. The number of ether oxygens (including phenoxy) is 1. The van der Waals surface area contributed by atoms with E-state index in [0.29, 0.717) is 40.3 Å². The van der Waals surface area contributed by atoms with Crippen LogP contribution in [0.3, 0.4) is 0 Å². The first-order valence-electron chi connectivity index (χ1n) is 10.3. The lowest BCUT2D eigenvalue weighted by atomic mass is 10.1. The fourth-order valence-corrected chi connectivity index (χ4v) is 4.06. The lowest BCUT2D eigenvalue weighted by molar-refractivity contribution is -0.142. The molecule has 7 nitrogen and oxygen atoms in total.